The fourth-order valence-corrected chi connectivity index (χ4v) is 5.41. The molecule has 0 aromatic heterocycles. The topological polar surface area (TPSA) is 27.7 Å². The highest BCUT2D eigenvalue weighted by Gasteiger charge is 2.48. The normalized spacial score (nSPS) is 28.0. The summed E-state index contributed by atoms with van der Waals surface area (Å²) in [7, 11) is 2.78. The molecule has 0 aromatic rings. The molecule has 0 saturated heterocycles. The second-order valence-corrected chi connectivity index (χ2v) is 7.60. The minimum Gasteiger partial charge on any atom is -0.377 e. The molecule has 0 aromatic carbocycles. The van der Waals surface area contributed by atoms with Crippen molar-refractivity contribution in [3.63, 3.8) is 0 Å². The van der Waals surface area contributed by atoms with Gasteiger partial charge in [0.25, 0.3) is 0 Å². The van der Waals surface area contributed by atoms with E-state index in [1.54, 1.807) is 21.3 Å². The standard InChI is InChI=1S/C11H24O3Si/c1-5-10-7-6-8-11(9-10)15(12-2,13-3)14-4/h10-11H,5-9H2,1-4H3. The van der Waals surface area contributed by atoms with Gasteiger partial charge in [-0.05, 0) is 18.8 Å². The van der Waals surface area contributed by atoms with Crippen LogP contribution in [0.25, 0.3) is 0 Å². The molecule has 2 atom stereocenters. The minimum absolute atomic E-state index is 0.496. The summed E-state index contributed by atoms with van der Waals surface area (Å²) < 4.78 is 16.7. The summed E-state index contributed by atoms with van der Waals surface area (Å²) >= 11 is 0. The van der Waals surface area contributed by atoms with Crippen molar-refractivity contribution in [2.75, 3.05) is 21.3 Å². The van der Waals surface area contributed by atoms with Crippen molar-refractivity contribution in [3.05, 3.63) is 0 Å². The Morgan fingerprint density at radius 2 is 1.67 bits per heavy atom. The lowest BCUT2D eigenvalue weighted by atomic mass is 9.87. The average Bonchev–Trinajstić information content (AvgIpc) is 2.32. The van der Waals surface area contributed by atoms with E-state index in [4.69, 9.17) is 13.3 Å². The highest BCUT2D eigenvalue weighted by atomic mass is 28.4. The summed E-state index contributed by atoms with van der Waals surface area (Å²) in [5, 5.41) is 0. The number of hydrogen-bond donors (Lipinski definition) is 0. The molecule has 1 aliphatic carbocycles. The van der Waals surface area contributed by atoms with Crippen LogP contribution in [-0.2, 0) is 13.3 Å². The molecule has 0 radical (unpaired) electrons. The van der Waals surface area contributed by atoms with Crippen LogP contribution < -0.4 is 0 Å². The van der Waals surface area contributed by atoms with Crippen LogP contribution in [-0.4, -0.2) is 30.1 Å². The van der Waals surface area contributed by atoms with Gasteiger partial charge >= 0.3 is 8.80 Å². The van der Waals surface area contributed by atoms with Gasteiger partial charge < -0.3 is 13.3 Å². The first kappa shape index (κ1) is 13.2. The monoisotopic (exact) mass is 232 g/mol. The highest BCUT2D eigenvalue weighted by molar-refractivity contribution is 6.62. The SMILES string of the molecule is CCC1CCCC([Si](OC)(OC)OC)C1. The Morgan fingerprint density at radius 1 is 1.07 bits per heavy atom. The Hall–Kier alpha value is 0.0969. The lowest BCUT2D eigenvalue weighted by molar-refractivity contribution is 0.0988. The lowest BCUT2D eigenvalue weighted by Gasteiger charge is -2.37. The first-order chi connectivity index (χ1) is 7.22. The van der Waals surface area contributed by atoms with Gasteiger partial charge in [-0.3, -0.25) is 0 Å². The Bertz CT molecular complexity index is 174. The van der Waals surface area contributed by atoms with Crippen molar-refractivity contribution in [1.82, 2.24) is 0 Å². The van der Waals surface area contributed by atoms with Gasteiger partial charge in [-0.1, -0.05) is 26.2 Å². The fraction of sp³-hybridized carbons (Fsp3) is 1.00. The lowest BCUT2D eigenvalue weighted by Crippen LogP contribution is -2.49. The third kappa shape index (κ3) is 2.81. The van der Waals surface area contributed by atoms with Crippen molar-refractivity contribution >= 4 is 8.80 Å². The predicted molar refractivity (Wildman–Crippen MR) is 62.8 cm³/mol. The Balaban J connectivity index is 2.66. The van der Waals surface area contributed by atoms with Crippen LogP contribution in [0.3, 0.4) is 0 Å². The summed E-state index contributed by atoms with van der Waals surface area (Å²) in [5.41, 5.74) is 0.496. The van der Waals surface area contributed by atoms with Gasteiger partial charge in [-0.2, -0.15) is 0 Å². The van der Waals surface area contributed by atoms with Gasteiger partial charge in [0.1, 0.15) is 0 Å². The van der Waals surface area contributed by atoms with E-state index in [-0.39, 0.29) is 0 Å². The van der Waals surface area contributed by atoms with E-state index in [1.165, 1.54) is 32.1 Å². The third-order valence-electron chi connectivity index (χ3n) is 3.71. The van der Waals surface area contributed by atoms with Crippen LogP contribution in [0.1, 0.15) is 39.0 Å². The van der Waals surface area contributed by atoms with E-state index in [1.807, 2.05) is 0 Å². The Labute approximate surface area is 94.5 Å². The van der Waals surface area contributed by atoms with Crippen LogP contribution in [0.4, 0.5) is 0 Å². The minimum atomic E-state index is -2.37. The smallest absolute Gasteiger partial charge is 0.377 e. The molecule has 1 rings (SSSR count). The molecule has 4 heteroatoms. The summed E-state index contributed by atoms with van der Waals surface area (Å²) in [6.07, 6.45) is 6.30. The van der Waals surface area contributed by atoms with Crippen molar-refractivity contribution in [2.45, 2.75) is 44.6 Å². The molecular formula is C11H24O3Si. The first-order valence-corrected chi connectivity index (χ1v) is 7.68. The summed E-state index contributed by atoms with van der Waals surface area (Å²) in [6, 6.07) is 0. The third-order valence-corrected chi connectivity index (χ3v) is 6.95. The average molecular weight is 232 g/mol. The zero-order chi connectivity index (χ0) is 11.3. The van der Waals surface area contributed by atoms with Crippen molar-refractivity contribution in [1.29, 1.82) is 0 Å². The maximum Gasteiger partial charge on any atom is 0.503 e. The summed E-state index contributed by atoms with van der Waals surface area (Å²) in [4.78, 5) is 0. The van der Waals surface area contributed by atoms with Crippen LogP contribution in [0.5, 0.6) is 0 Å². The molecular weight excluding hydrogens is 208 g/mol. The van der Waals surface area contributed by atoms with Gasteiger partial charge in [0.2, 0.25) is 0 Å². The zero-order valence-corrected chi connectivity index (χ0v) is 11.4. The molecule has 1 aliphatic rings. The van der Waals surface area contributed by atoms with Crippen molar-refractivity contribution in [2.24, 2.45) is 5.92 Å². The highest BCUT2D eigenvalue weighted by Crippen LogP contribution is 2.41. The van der Waals surface area contributed by atoms with E-state index in [0.717, 1.165) is 5.92 Å². The van der Waals surface area contributed by atoms with Gasteiger partial charge in [0, 0.05) is 26.9 Å². The maximum absolute atomic E-state index is 5.56. The molecule has 2 unspecified atom stereocenters. The second-order valence-electron chi connectivity index (χ2n) is 4.35. The number of hydrogen-bond acceptors (Lipinski definition) is 3. The molecule has 0 spiro atoms. The molecule has 1 fully saturated rings. The Kier molecular flexibility index (Phi) is 5.25. The number of rotatable bonds is 5. The molecule has 0 N–H and O–H groups in total. The molecule has 90 valence electrons. The molecule has 0 heterocycles. The van der Waals surface area contributed by atoms with Crippen molar-refractivity contribution < 1.29 is 13.3 Å². The largest absolute Gasteiger partial charge is 0.503 e. The van der Waals surface area contributed by atoms with Crippen LogP contribution in [0.2, 0.25) is 5.54 Å². The molecule has 0 aliphatic heterocycles. The Morgan fingerprint density at radius 3 is 2.13 bits per heavy atom. The molecule has 0 bridgehead atoms. The first-order valence-electron chi connectivity index (χ1n) is 5.87. The van der Waals surface area contributed by atoms with E-state index >= 15 is 0 Å². The summed E-state index contributed by atoms with van der Waals surface area (Å²) in [6.45, 7) is 2.27. The van der Waals surface area contributed by atoms with Crippen LogP contribution in [0.15, 0.2) is 0 Å². The van der Waals surface area contributed by atoms with E-state index in [9.17, 15) is 0 Å². The molecule has 3 nitrogen and oxygen atoms in total. The molecule has 0 amide bonds. The fourth-order valence-electron chi connectivity index (χ4n) is 2.73. The predicted octanol–water partition coefficient (Wildman–Crippen LogP) is 2.83. The van der Waals surface area contributed by atoms with Gasteiger partial charge in [-0.25, -0.2) is 0 Å². The van der Waals surface area contributed by atoms with E-state index in [0.29, 0.717) is 5.54 Å². The zero-order valence-electron chi connectivity index (χ0n) is 10.4. The van der Waals surface area contributed by atoms with E-state index in [2.05, 4.69) is 6.92 Å². The quantitative estimate of drug-likeness (QED) is 0.682. The van der Waals surface area contributed by atoms with Gasteiger partial charge in [0.05, 0.1) is 0 Å². The van der Waals surface area contributed by atoms with Crippen LogP contribution in [0, 0.1) is 5.92 Å². The molecule has 1 saturated carbocycles. The van der Waals surface area contributed by atoms with E-state index < -0.39 is 8.80 Å². The second kappa shape index (κ2) is 5.99. The maximum atomic E-state index is 5.56. The van der Waals surface area contributed by atoms with Gasteiger partial charge in [-0.15, -0.1) is 0 Å². The van der Waals surface area contributed by atoms with Gasteiger partial charge in [0.15, 0.2) is 0 Å². The molecule has 15 heavy (non-hydrogen) atoms. The summed E-state index contributed by atoms with van der Waals surface area (Å²) in [5.74, 6) is 0.830. The van der Waals surface area contributed by atoms with Crippen LogP contribution >= 0.6 is 0 Å². The van der Waals surface area contributed by atoms with Crippen molar-refractivity contribution in [3.8, 4) is 0 Å².